The number of hydrogen-bond acceptors (Lipinski definition) is 2. The minimum atomic E-state index is 0.205. The molecule has 0 heterocycles. The van der Waals surface area contributed by atoms with Gasteiger partial charge in [-0.15, -0.1) is 0 Å². The van der Waals surface area contributed by atoms with Crippen LogP contribution in [-0.4, -0.2) is 6.10 Å². The molecule has 3 heteroatoms. The predicted octanol–water partition coefficient (Wildman–Crippen LogP) is 4.98. The Hall–Kier alpha value is -1.51. The number of benzene rings is 2. The van der Waals surface area contributed by atoms with Gasteiger partial charge in [-0.05, 0) is 56.2 Å². The van der Waals surface area contributed by atoms with E-state index >= 15 is 0 Å². The summed E-state index contributed by atoms with van der Waals surface area (Å²) < 4.78 is 5.66. The van der Waals surface area contributed by atoms with E-state index in [4.69, 9.17) is 16.3 Å². The Morgan fingerprint density at radius 1 is 0.952 bits per heavy atom. The van der Waals surface area contributed by atoms with Crippen molar-refractivity contribution in [2.45, 2.75) is 39.5 Å². The zero-order chi connectivity index (χ0) is 15.2. The van der Waals surface area contributed by atoms with E-state index in [1.54, 1.807) is 0 Å². The van der Waals surface area contributed by atoms with Crippen molar-refractivity contribution in [2.75, 3.05) is 0 Å². The Balaban J connectivity index is 1.90. The third-order valence-electron chi connectivity index (χ3n) is 3.28. The molecule has 2 aromatic carbocycles. The Labute approximate surface area is 132 Å². The van der Waals surface area contributed by atoms with Crippen LogP contribution >= 0.6 is 11.6 Å². The highest BCUT2D eigenvalue weighted by Gasteiger charge is 2.06. The summed E-state index contributed by atoms with van der Waals surface area (Å²) in [6, 6.07) is 16.5. The van der Waals surface area contributed by atoms with Gasteiger partial charge in [0.25, 0.3) is 0 Å². The molecule has 0 saturated carbocycles. The van der Waals surface area contributed by atoms with E-state index in [1.807, 2.05) is 50.2 Å². The molecule has 0 fully saturated rings. The summed E-state index contributed by atoms with van der Waals surface area (Å²) in [4.78, 5) is 0. The maximum absolute atomic E-state index is 5.89. The molecule has 0 spiro atoms. The van der Waals surface area contributed by atoms with E-state index in [1.165, 1.54) is 11.1 Å². The van der Waals surface area contributed by atoms with Crippen molar-refractivity contribution in [3.63, 3.8) is 0 Å². The van der Waals surface area contributed by atoms with Crippen LogP contribution in [0, 0.1) is 0 Å². The van der Waals surface area contributed by atoms with Gasteiger partial charge in [-0.25, -0.2) is 0 Å². The van der Waals surface area contributed by atoms with Gasteiger partial charge >= 0.3 is 0 Å². The van der Waals surface area contributed by atoms with Gasteiger partial charge in [0, 0.05) is 17.6 Å². The van der Waals surface area contributed by atoms with Crippen LogP contribution in [0.4, 0.5) is 0 Å². The zero-order valence-corrected chi connectivity index (χ0v) is 13.5. The van der Waals surface area contributed by atoms with Crippen LogP contribution in [-0.2, 0) is 6.54 Å². The van der Waals surface area contributed by atoms with Crippen molar-refractivity contribution >= 4 is 11.6 Å². The van der Waals surface area contributed by atoms with Crippen molar-refractivity contribution in [1.29, 1.82) is 0 Å². The average molecular weight is 304 g/mol. The lowest BCUT2D eigenvalue weighted by Crippen LogP contribution is -2.18. The largest absolute Gasteiger partial charge is 0.491 e. The molecule has 0 aliphatic carbocycles. The molecular formula is C18H22ClNO. The third kappa shape index (κ3) is 5.07. The lowest BCUT2D eigenvalue weighted by molar-refractivity contribution is 0.242. The summed E-state index contributed by atoms with van der Waals surface area (Å²) in [6.07, 6.45) is 0.205. The normalized spacial score (nSPS) is 12.4. The molecule has 0 aliphatic heterocycles. The first-order valence-electron chi connectivity index (χ1n) is 7.29. The molecule has 2 aromatic rings. The van der Waals surface area contributed by atoms with Gasteiger partial charge in [0.15, 0.2) is 0 Å². The maximum Gasteiger partial charge on any atom is 0.119 e. The van der Waals surface area contributed by atoms with Gasteiger partial charge in [0.2, 0.25) is 0 Å². The molecule has 1 atom stereocenters. The number of hydrogen-bond donors (Lipinski definition) is 1. The van der Waals surface area contributed by atoms with Crippen molar-refractivity contribution in [3.05, 3.63) is 64.7 Å². The molecule has 0 aliphatic rings. The molecule has 0 saturated heterocycles. The minimum absolute atomic E-state index is 0.205. The fourth-order valence-electron chi connectivity index (χ4n) is 2.10. The summed E-state index contributed by atoms with van der Waals surface area (Å²) in [5, 5.41) is 4.28. The number of nitrogens with one attached hydrogen (secondary N) is 1. The van der Waals surface area contributed by atoms with E-state index in [9.17, 15) is 0 Å². The second kappa shape index (κ2) is 7.48. The maximum atomic E-state index is 5.89. The summed E-state index contributed by atoms with van der Waals surface area (Å²) >= 11 is 5.89. The highest BCUT2D eigenvalue weighted by Crippen LogP contribution is 2.19. The Kier molecular flexibility index (Phi) is 5.66. The summed E-state index contributed by atoms with van der Waals surface area (Å²) in [7, 11) is 0. The molecule has 21 heavy (non-hydrogen) atoms. The SMILES string of the molecule is CC(C)Oc1ccc(C(C)NCc2ccc(Cl)cc2)cc1. The monoisotopic (exact) mass is 303 g/mol. The van der Waals surface area contributed by atoms with Gasteiger partial charge in [0.1, 0.15) is 5.75 Å². The van der Waals surface area contributed by atoms with Crippen LogP contribution in [0.1, 0.15) is 37.9 Å². The van der Waals surface area contributed by atoms with Crippen LogP contribution < -0.4 is 10.1 Å². The third-order valence-corrected chi connectivity index (χ3v) is 3.53. The van der Waals surface area contributed by atoms with E-state index in [0.29, 0.717) is 0 Å². The molecule has 0 bridgehead atoms. The van der Waals surface area contributed by atoms with Crippen LogP contribution in [0.5, 0.6) is 5.75 Å². The smallest absolute Gasteiger partial charge is 0.119 e. The minimum Gasteiger partial charge on any atom is -0.491 e. The fraction of sp³-hybridized carbons (Fsp3) is 0.333. The first-order chi connectivity index (χ1) is 10.0. The molecule has 2 rings (SSSR count). The van der Waals surface area contributed by atoms with Crippen LogP contribution in [0.25, 0.3) is 0 Å². The fourth-order valence-corrected chi connectivity index (χ4v) is 2.22. The van der Waals surface area contributed by atoms with E-state index in [2.05, 4.69) is 24.4 Å². The molecule has 0 amide bonds. The van der Waals surface area contributed by atoms with Crippen LogP contribution in [0.15, 0.2) is 48.5 Å². The molecular weight excluding hydrogens is 282 g/mol. The van der Waals surface area contributed by atoms with Crippen molar-refractivity contribution < 1.29 is 4.74 Å². The number of ether oxygens (including phenoxy) is 1. The van der Waals surface area contributed by atoms with Gasteiger partial charge in [-0.1, -0.05) is 35.9 Å². The molecule has 0 radical (unpaired) electrons. The lowest BCUT2D eigenvalue weighted by Gasteiger charge is -2.16. The second-order valence-corrected chi connectivity index (χ2v) is 5.90. The Morgan fingerprint density at radius 2 is 1.57 bits per heavy atom. The van der Waals surface area contributed by atoms with Crippen LogP contribution in [0.2, 0.25) is 5.02 Å². The van der Waals surface area contributed by atoms with Crippen molar-refractivity contribution in [1.82, 2.24) is 5.32 Å². The summed E-state index contributed by atoms with van der Waals surface area (Å²) in [5.41, 5.74) is 2.48. The first-order valence-corrected chi connectivity index (χ1v) is 7.67. The lowest BCUT2D eigenvalue weighted by atomic mass is 10.1. The standard InChI is InChI=1S/C18H22ClNO/c1-13(2)21-18-10-6-16(7-11-18)14(3)20-12-15-4-8-17(19)9-5-15/h4-11,13-14,20H,12H2,1-3H3. The van der Waals surface area contributed by atoms with Crippen molar-refractivity contribution in [2.24, 2.45) is 0 Å². The van der Waals surface area contributed by atoms with Gasteiger partial charge in [-0.3, -0.25) is 0 Å². The van der Waals surface area contributed by atoms with E-state index < -0.39 is 0 Å². The van der Waals surface area contributed by atoms with E-state index in [0.717, 1.165) is 17.3 Å². The second-order valence-electron chi connectivity index (χ2n) is 5.46. The Bertz CT molecular complexity index is 548. The quantitative estimate of drug-likeness (QED) is 0.813. The summed E-state index contributed by atoms with van der Waals surface area (Å²) in [5.74, 6) is 0.915. The molecule has 1 N–H and O–H groups in total. The number of halogens is 1. The van der Waals surface area contributed by atoms with Crippen molar-refractivity contribution in [3.8, 4) is 5.75 Å². The number of rotatable bonds is 6. The van der Waals surface area contributed by atoms with Gasteiger partial charge in [-0.2, -0.15) is 0 Å². The summed E-state index contributed by atoms with van der Waals surface area (Å²) in [6.45, 7) is 7.05. The van der Waals surface area contributed by atoms with Crippen LogP contribution in [0.3, 0.4) is 0 Å². The predicted molar refractivity (Wildman–Crippen MR) is 88.9 cm³/mol. The molecule has 112 valence electrons. The Morgan fingerprint density at radius 3 is 2.14 bits per heavy atom. The zero-order valence-electron chi connectivity index (χ0n) is 12.8. The first kappa shape index (κ1) is 15.9. The van der Waals surface area contributed by atoms with Gasteiger partial charge in [0.05, 0.1) is 6.10 Å². The average Bonchev–Trinajstić information content (AvgIpc) is 2.46. The molecule has 2 nitrogen and oxygen atoms in total. The molecule has 0 aromatic heterocycles. The highest BCUT2D eigenvalue weighted by molar-refractivity contribution is 6.30. The highest BCUT2D eigenvalue weighted by atomic mass is 35.5. The topological polar surface area (TPSA) is 21.3 Å². The molecule has 1 unspecified atom stereocenters. The van der Waals surface area contributed by atoms with Gasteiger partial charge < -0.3 is 10.1 Å². The van der Waals surface area contributed by atoms with E-state index in [-0.39, 0.29) is 12.1 Å².